The molecule has 2 aromatic carbocycles. The van der Waals surface area contributed by atoms with Gasteiger partial charge in [0.2, 0.25) is 0 Å². The molecule has 0 unspecified atom stereocenters. The Hall–Kier alpha value is -2.53. The van der Waals surface area contributed by atoms with Crippen LogP contribution in [0.4, 0.5) is 0 Å². The SMILES string of the molecule is COc1cccc2c1OC(C)(C)[C@H]1C[C@H](C(=O)O)[C@H](CCc3ccccc3)O[C@H]21. The molecule has 4 atom stereocenters. The molecule has 0 bridgehead atoms. The molecule has 1 N–H and O–H groups in total. The standard InChI is InChI=1S/C24H28O5/c1-24(2)18-14-17(23(25)26)19(13-12-15-8-5-4-6-9-15)28-21(18)16-10-7-11-20(27-3)22(16)29-24/h4-11,17-19,21H,12-14H2,1-3H3,(H,25,26)/t17-,18-,19-,21+/m0/s1. The van der Waals surface area contributed by atoms with Gasteiger partial charge in [-0.2, -0.15) is 0 Å². The lowest BCUT2D eigenvalue weighted by Crippen LogP contribution is -2.52. The molecule has 29 heavy (non-hydrogen) atoms. The van der Waals surface area contributed by atoms with Gasteiger partial charge in [0.15, 0.2) is 11.5 Å². The number of benzene rings is 2. The van der Waals surface area contributed by atoms with Gasteiger partial charge in [0.25, 0.3) is 0 Å². The number of carboxylic acids is 1. The summed E-state index contributed by atoms with van der Waals surface area (Å²) < 4.78 is 18.3. The topological polar surface area (TPSA) is 65.0 Å². The first kappa shape index (κ1) is 19.8. The minimum Gasteiger partial charge on any atom is -0.493 e. The number of carboxylic acid groups (broad SMARTS) is 1. The first-order valence-electron chi connectivity index (χ1n) is 10.2. The molecule has 2 aliphatic heterocycles. The second kappa shape index (κ2) is 7.71. The molecule has 0 radical (unpaired) electrons. The van der Waals surface area contributed by atoms with Gasteiger partial charge >= 0.3 is 5.97 Å². The number of rotatable bonds is 5. The van der Waals surface area contributed by atoms with Gasteiger partial charge in [-0.1, -0.05) is 42.5 Å². The molecule has 0 spiro atoms. The molecule has 1 saturated heterocycles. The number of carbonyl (C=O) groups is 1. The van der Waals surface area contributed by atoms with E-state index in [4.69, 9.17) is 14.2 Å². The van der Waals surface area contributed by atoms with Crippen LogP contribution < -0.4 is 9.47 Å². The summed E-state index contributed by atoms with van der Waals surface area (Å²) in [6.07, 6.45) is 1.44. The fraction of sp³-hybridized carbons (Fsp3) is 0.458. The smallest absolute Gasteiger partial charge is 0.309 e. The number of ether oxygens (including phenoxy) is 3. The summed E-state index contributed by atoms with van der Waals surface area (Å²) in [4.78, 5) is 12.1. The lowest BCUT2D eigenvalue weighted by atomic mass is 9.71. The number of methoxy groups -OCH3 is 1. The predicted octanol–water partition coefficient (Wildman–Crippen LogP) is 4.65. The predicted molar refractivity (Wildman–Crippen MR) is 109 cm³/mol. The zero-order chi connectivity index (χ0) is 20.6. The number of fused-ring (bicyclic) bond motifs is 3. The second-order valence-electron chi connectivity index (χ2n) is 8.49. The van der Waals surface area contributed by atoms with Crippen molar-refractivity contribution in [3.8, 4) is 11.5 Å². The summed E-state index contributed by atoms with van der Waals surface area (Å²) in [5.41, 5.74) is 1.59. The van der Waals surface area contributed by atoms with E-state index in [2.05, 4.69) is 12.1 Å². The minimum absolute atomic E-state index is 0.0452. The quantitative estimate of drug-likeness (QED) is 0.797. The van der Waals surface area contributed by atoms with Crippen LogP contribution in [0.25, 0.3) is 0 Å². The van der Waals surface area contributed by atoms with Gasteiger partial charge in [-0.25, -0.2) is 0 Å². The molecular formula is C24H28O5. The molecule has 0 aliphatic carbocycles. The second-order valence-corrected chi connectivity index (χ2v) is 8.49. The highest BCUT2D eigenvalue weighted by Crippen LogP contribution is 2.54. The Morgan fingerprint density at radius 3 is 2.62 bits per heavy atom. The number of para-hydroxylation sites is 1. The average Bonchev–Trinajstić information content (AvgIpc) is 2.71. The zero-order valence-electron chi connectivity index (χ0n) is 17.1. The summed E-state index contributed by atoms with van der Waals surface area (Å²) in [5, 5.41) is 9.90. The molecule has 2 heterocycles. The largest absolute Gasteiger partial charge is 0.493 e. The van der Waals surface area contributed by atoms with E-state index < -0.39 is 17.5 Å². The van der Waals surface area contributed by atoms with Crippen molar-refractivity contribution in [1.82, 2.24) is 0 Å². The maximum atomic E-state index is 12.1. The van der Waals surface area contributed by atoms with Crippen LogP contribution in [0.2, 0.25) is 0 Å². The van der Waals surface area contributed by atoms with Crippen molar-refractivity contribution < 1.29 is 24.1 Å². The highest BCUT2D eigenvalue weighted by molar-refractivity contribution is 5.71. The van der Waals surface area contributed by atoms with E-state index in [1.807, 2.05) is 50.2 Å². The van der Waals surface area contributed by atoms with E-state index in [1.54, 1.807) is 7.11 Å². The Morgan fingerprint density at radius 1 is 1.17 bits per heavy atom. The van der Waals surface area contributed by atoms with E-state index in [0.29, 0.717) is 24.3 Å². The monoisotopic (exact) mass is 396 g/mol. The molecule has 2 aromatic rings. The fourth-order valence-electron chi connectivity index (χ4n) is 4.71. The first-order valence-corrected chi connectivity index (χ1v) is 10.2. The van der Waals surface area contributed by atoms with E-state index >= 15 is 0 Å². The Morgan fingerprint density at radius 2 is 1.93 bits per heavy atom. The van der Waals surface area contributed by atoms with Gasteiger partial charge in [0.05, 0.1) is 25.2 Å². The Labute approximate surface area is 171 Å². The van der Waals surface area contributed by atoms with Gasteiger partial charge in [-0.3, -0.25) is 4.79 Å². The summed E-state index contributed by atoms with van der Waals surface area (Å²) in [5.74, 6) is -0.00409. The van der Waals surface area contributed by atoms with Crippen LogP contribution in [0.15, 0.2) is 48.5 Å². The van der Waals surface area contributed by atoms with Crippen molar-refractivity contribution in [1.29, 1.82) is 0 Å². The third-order valence-electron chi connectivity index (χ3n) is 6.31. The molecule has 0 saturated carbocycles. The number of hydrogen-bond donors (Lipinski definition) is 1. The normalized spacial score (nSPS) is 27.3. The van der Waals surface area contributed by atoms with Crippen molar-refractivity contribution in [2.24, 2.45) is 11.8 Å². The lowest BCUT2D eigenvalue weighted by Gasteiger charge is -2.50. The van der Waals surface area contributed by atoms with Crippen LogP contribution in [0, 0.1) is 11.8 Å². The van der Waals surface area contributed by atoms with Crippen LogP contribution in [0.3, 0.4) is 0 Å². The van der Waals surface area contributed by atoms with E-state index in [1.165, 1.54) is 5.56 Å². The van der Waals surface area contributed by atoms with E-state index in [9.17, 15) is 9.90 Å². The average molecular weight is 396 g/mol. The minimum atomic E-state index is -0.797. The highest BCUT2D eigenvalue weighted by Gasteiger charge is 2.52. The van der Waals surface area contributed by atoms with Gasteiger partial charge in [-0.15, -0.1) is 0 Å². The van der Waals surface area contributed by atoms with Crippen LogP contribution in [0.5, 0.6) is 11.5 Å². The van der Waals surface area contributed by atoms with Crippen LogP contribution in [0.1, 0.15) is 43.9 Å². The zero-order valence-corrected chi connectivity index (χ0v) is 17.1. The Balaban J connectivity index is 1.65. The highest BCUT2D eigenvalue weighted by atomic mass is 16.5. The molecule has 1 fully saturated rings. The third kappa shape index (κ3) is 3.71. The summed E-state index contributed by atoms with van der Waals surface area (Å²) in [6, 6.07) is 15.9. The van der Waals surface area contributed by atoms with Crippen LogP contribution in [-0.4, -0.2) is 29.9 Å². The van der Waals surface area contributed by atoms with Crippen molar-refractivity contribution >= 4 is 5.97 Å². The van der Waals surface area contributed by atoms with E-state index in [-0.39, 0.29) is 18.1 Å². The van der Waals surface area contributed by atoms with Crippen molar-refractivity contribution in [2.75, 3.05) is 7.11 Å². The summed E-state index contributed by atoms with van der Waals surface area (Å²) >= 11 is 0. The van der Waals surface area contributed by atoms with Crippen molar-refractivity contribution in [2.45, 2.75) is 50.9 Å². The fourth-order valence-corrected chi connectivity index (χ4v) is 4.71. The summed E-state index contributed by atoms with van der Waals surface area (Å²) in [6.45, 7) is 4.01. The molecular weight excluding hydrogens is 368 g/mol. The maximum Gasteiger partial charge on any atom is 0.309 e. The van der Waals surface area contributed by atoms with Gasteiger partial charge < -0.3 is 19.3 Å². The first-order chi connectivity index (χ1) is 13.9. The van der Waals surface area contributed by atoms with Gasteiger partial charge in [0, 0.05) is 11.5 Å². The molecule has 4 rings (SSSR count). The van der Waals surface area contributed by atoms with Crippen LogP contribution >= 0.6 is 0 Å². The number of aryl methyl sites for hydroxylation is 1. The Bertz CT molecular complexity index is 876. The number of aliphatic carboxylic acids is 1. The molecule has 0 amide bonds. The number of hydrogen-bond acceptors (Lipinski definition) is 4. The van der Waals surface area contributed by atoms with Crippen LogP contribution in [-0.2, 0) is 16.0 Å². The third-order valence-corrected chi connectivity index (χ3v) is 6.31. The van der Waals surface area contributed by atoms with Gasteiger partial charge in [0.1, 0.15) is 5.60 Å². The molecule has 154 valence electrons. The van der Waals surface area contributed by atoms with Crippen molar-refractivity contribution in [3.63, 3.8) is 0 Å². The molecule has 5 heteroatoms. The molecule has 2 aliphatic rings. The molecule has 5 nitrogen and oxygen atoms in total. The summed E-state index contributed by atoms with van der Waals surface area (Å²) in [7, 11) is 1.63. The van der Waals surface area contributed by atoms with E-state index in [0.717, 1.165) is 12.0 Å². The van der Waals surface area contributed by atoms with Crippen molar-refractivity contribution in [3.05, 3.63) is 59.7 Å². The lowest BCUT2D eigenvalue weighted by molar-refractivity contribution is -0.188. The maximum absolute atomic E-state index is 12.1. The van der Waals surface area contributed by atoms with Gasteiger partial charge in [-0.05, 0) is 44.7 Å². The molecule has 0 aromatic heterocycles. The Kier molecular flexibility index (Phi) is 5.26.